The highest BCUT2D eigenvalue weighted by atomic mass is 35.5. The van der Waals surface area contributed by atoms with Gasteiger partial charge in [-0.1, -0.05) is 11.6 Å². The standard InChI is InChI=1S/C17H12ClF3N2O3S2/c1-26-11-4-2-10(3-5-11)15-9-27-16(22-15)23-28(24,25)12-6-7-14(18)13(8-12)17(19,20)21/h2-9H,1H3,(H,22,23). The van der Waals surface area contributed by atoms with Crippen LogP contribution in [0.15, 0.2) is 52.7 Å². The zero-order chi connectivity index (χ0) is 20.5. The van der Waals surface area contributed by atoms with Gasteiger partial charge in [0, 0.05) is 10.9 Å². The zero-order valence-electron chi connectivity index (χ0n) is 14.1. The minimum absolute atomic E-state index is 0.0225. The minimum atomic E-state index is -4.77. The van der Waals surface area contributed by atoms with Crippen molar-refractivity contribution in [3.63, 3.8) is 0 Å². The van der Waals surface area contributed by atoms with Crippen LogP contribution in [0.5, 0.6) is 5.75 Å². The molecule has 0 aliphatic carbocycles. The predicted molar refractivity (Wildman–Crippen MR) is 101 cm³/mol. The fraction of sp³-hybridized carbons (Fsp3) is 0.118. The highest BCUT2D eigenvalue weighted by Crippen LogP contribution is 2.36. The topological polar surface area (TPSA) is 68.3 Å². The lowest BCUT2D eigenvalue weighted by Gasteiger charge is -2.11. The van der Waals surface area contributed by atoms with E-state index < -0.39 is 31.7 Å². The first-order valence-corrected chi connectivity index (χ1v) is 10.3. The summed E-state index contributed by atoms with van der Waals surface area (Å²) in [5, 5.41) is 1.07. The molecule has 3 rings (SSSR count). The lowest BCUT2D eigenvalue weighted by molar-refractivity contribution is -0.137. The van der Waals surface area contributed by atoms with Gasteiger partial charge in [-0.25, -0.2) is 13.4 Å². The average molecular weight is 449 g/mol. The van der Waals surface area contributed by atoms with Crippen LogP contribution in [-0.4, -0.2) is 20.5 Å². The fourth-order valence-electron chi connectivity index (χ4n) is 2.28. The van der Waals surface area contributed by atoms with Gasteiger partial charge in [-0.05, 0) is 42.5 Å². The van der Waals surface area contributed by atoms with Crippen LogP contribution in [0.1, 0.15) is 5.56 Å². The van der Waals surface area contributed by atoms with Crippen molar-refractivity contribution in [3.8, 4) is 17.0 Å². The molecule has 0 atom stereocenters. The molecule has 3 aromatic rings. The van der Waals surface area contributed by atoms with Gasteiger partial charge in [0.1, 0.15) is 5.75 Å². The summed E-state index contributed by atoms with van der Waals surface area (Å²) in [5.41, 5.74) is 0.0147. The van der Waals surface area contributed by atoms with Crippen LogP contribution < -0.4 is 9.46 Å². The smallest absolute Gasteiger partial charge is 0.417 e. The first-order chi connectivity index (χ1) is 13.1. The quantitative estimate of drug-likeness (QED) is 0.575. The van der Waals surface area contributed by atoms with Crippen molar-refractivity contribution in [2.45, 2.75) is 11.1 Å². The van der Waals surface area contributed by atoms with Crippen molar-refractivity contribution in [3.05, 3.63) is 58.4 Å². The number of nitrogens with zero attached hydrogens (tertiary/aromatic N) is 1. The molecule has 11 heteroatoms. The number of sulfonamides is 1. The average Bonchev–Trinajstić information content (AvgIpc) is 3.08. The van der Waals surface area contributed by atoms with Crippen LogP contribution in [-0.2, 0) is 16.2 Å². The number of benzene rings is 2. The molecule has 148 valence electrons. The predicted octanol–water partition coefficient (Wildman–Crippen LogP) is 5.29. The van der Waals surface area contributed by atoms with E-state index >= 15 is 0 Å². The molecule has 1 aromatic heterocycles. The number of thiazole rings is 1. The van der Waals surface area contributed by atoms with Crippen molar-refractivity contribution in [2.75, 3.05) is 11.8 Å². The molecule has 0 saturated carbocycles. The molecule has 0 radical (unpaired) electrons. The molecule has 0 unspecified atom stereocenters. The molecule has 0 aliphatic heterocycles. The van der Waals surface area contributed by atoms with Crippen molar-refractivity contribution < 1.29 is 26.3 Å². The van der Waals surface area contributed by atoms with Crippen LogP contribution >= 0.6 is 22.9 Å². The van der Waals surface area contributed by atoms with Crippen molar-refractivity contribution in [2.24, 2.45) is 0 Å². The summed E-state index contributed by atoms with van der Waals surface area (Å²) in [6.07, 6.45) is -4.77. The number of rotatable bonds is 5. The number of nitrogens with one attached hydrogen (secondary N) is 1. The number of halogens is 4. The molecule has 0 saturated heterocycles. The lowest BCUT2D eigenvalue weighted by Crippen LogP contribution is -2.15. The maximum Gasteiger partial charge on any atom is 0.417 e. The van der Waals surface area contributed by atoms with E-state index in [0.29, 0.717) is 17.5 Å². The van der Waals surface area contributed by atoms with E-state index in [4.69, 9.17) is 16.3 Å². The molecule has 0 fully saturated rings. The van der Waals surface area contributed by atoms with E-state index in [2.05, 4.69) is 9.71 Å². The number of hydrogen-bond donors (Lipinski definition) is 1. The summed E-state index contributed by atoms with van der Waals surface area (Å²) in [7, 11) is -2.74. The Morgan fingerprint density at radius 1 is 1.14 bits per heavy atom. The molecular formula is C17H12ClF3N2O3S2. The number of alkyl halides is 3. The summed E-state index contributed by atoms with van der Waals surface area (Å²) in [6.45, 7) is 0. The first kappa shape index (κ1) is 20.4. The van der Waals surface area contributed by atoms with Crippen molar-refractivity contribution in [1.82, 2.24) is 4.98 Å². The van der Waals surface area contributed by atoms with E-state index in [0.717, 1.165) is 29.0 Å². The molecular weight excluding hydrogens is 437 g/mol. The number of methoxy groups -OCH3 is 1. The molecule has 0 amide bonds. The second kappa shape index (κ2) is 7.61. The molecule has 1 N–H and O–H groups in total. The van der Waals surface area contributed by atoms with E-state index in [1.165, 1.54) is 7.11 Å². The Morgan fingerprint density at radius 2 is 1.82 bits per heavy atom. The van der Waals surface area contributed by atoms with E-state index in [9.17, 15) is 21.6 Å². The normalized spacial score (nSPS) is 12.0. The van der Waals surface area contributed by atoms with Gasteiger partial charge in [0.25, 0.3) is 10.0 Å². The van der Waals surface area contributed by atoms with Gasteiger partial charge in [0.2, 0.25) is 0 Å². The fourth-order valence-corrected chi connectivity index (χ4v) is 4.50. The van der Waals surface area contributed by atoms with Crippen LogP contribution in [0.4, 0.5) is 18.3 Å². The minimum Gasteiger partial charge on any atom is -0.497 e. The summed E-state index contributed by atoms with van der Waals surface area (Å²) in [5.74, 6) is 0.656. The van der Waals surface area contributed by atoms with Gasteiger partial charge in [-0.2, -0.15) is 13.2 Å². The van der Waals surface area contributed by atoms with Crippen LogP contribution in [0.3, 0.4) is 0 Å². The van der Waals surface area contributed by atoms with Gasteiger partial charge in [0.15, 0.2) is 5.13 Å². The van der Waals surface area contributed by atoms with Crippen LogP contribution in [0.2, 0.25) is 5.02 Å². The summed E-state index contributed by atoms with van der Waals surface area (Å²) in [6, 6.07) is 9.34. The Balaban J connectivity index is 1.86. The van der Waals surface area contributed by atoms with Crippen molar-refractivity contribution in [1.29, 1.82) is 0 Å². The first-order valence-electron chi connectivity index (χ1n) is 7.59. The Kier molecular flexibility index (Phi) is 5.55. The van der Waals surface area contributed by atoms with Crippen LogP contribution in [0, 0.1) is 0 Å². The van der Waals surface area contributed by atoms with E-state index in [-0.39, 0.29) is 5.13 Å². The number of anilines is 1. The van der Waals surface area contributed by atoms with E-state index in [1.807, 2.05) is 0 Å². The maximum absolute atomic E-state index is 13.0. The van der Waals surface area contributed by atoms with Crippen molar-refractivity contribution >= 4 is 38.1 Å². The molecule has 0 bridgehead atoms. The largest absolute Gasteiger partial charge is 0.497 e. The summed E-state index contributed by atoms with van der Waals surface area (Å²) in [4.78, 5) is 3.61. The molecule has 28 heavy (non-hydrogen) atoms. The SMILES string of the molecule is COc1ccc(-c2csc(NS(=O)(=O)c3ccc(Cl)c(C(F)(F)F)c3)n2)cc1. The Labute approximate surface area is 167 Å². The second-order valence-electron chi connectivity index (χ2n) is 5.51. The molecule has 5 nitrogen and oxygen atoms in total. The van der Waals surface area contributed by atoms with Gasteiger partial charge in [-0.3, -0.25) is 4.72 Å². The molecule has 1 heterocycles. The summed E-state index contributed by atoms with van der Waals surface area (Å²) >= 11 is 6.54. The van der Waals surface area contributed by atoms with Gasteiger partial charge < -0.3 is 4.74 Å². The highest BCUT2D eigenvalue weighted by molar-refractivity contribution is 7.93. The third-order valence-electron chi connectivity index (χ3n) is 3.67. The number of hydrogen-bond acceptors (Lipinski definition) is 5. The second-order valence-corrected chi connectivity index (χ2v) is 8.46. The third-order valence-corrected chi connectivity index (χ3v) is 6.22. The monoisotopic (exact) mass is 448 g/mol. The van der Waals surface area contributed by atoms with Crippen LogP contribution in [0.25, 0.3) is 11.3 Å². The highest BCUT2D eigenvalue weighted by Gasteiger charge is 2.34. The number of aromatic nitrogens is 1. The maximum atomic E-state index is 13.0. The Morgan fingerprint density at radius 3 is 2.43 bits per heavy atom. The summed E-state index contributed by atoms with van der Waals surface area (Å²) < 4.78 is 71.1. The van der Waals surface area contributed by atoms with E-state index in [1.54, 1.807) is 29.6 Å². The lowest BCUT2D eigenvalue weighted by atomic mass is 10.2. The molecule has 0 spiro atoms. The van der Waals surface area contributed by atoms with Gasteiger partial charge in [0.05, 0.1) is 28.3 Å². The number of ether oxygens (including phenoxy) is 1. The van der Waals surface area contributed by atoms with Gasteiger partial charge in [-0.15, -0.1) is 11.3 Å². The van der Waals surface area contributed by atoms with Gasteiger partial charge >= 0.3 is 6.18 Å². The Bertz CT molecular complexity index is 1100. The molecule has 2 aromatic carbocycles. The zero-order valence-corrected chi connectivity index (χ0v) is 16.5. The Hall–Kier alpha value is -2.30. The molecule has 0 aliphatic rings. The third kappa shape index (κ3) is 4.40.